The van der Waals surface area contributed by atoms with Gasteiger partial charge in [-0.05, 0) is 68.0 Å². The Labute approximate surface area is 219 Å². The van der Waals surface area contributed by atoms with Crippen LogP contribution in [-0.4, -0.2) is 67.1 Å². The molecule has 0 unspecified atom stereocenters. The van der Waals surface area contributed by atoms with Gasteiger partial charge in [-0.25, -0.2) is 4.98 Å². The Bertz CT molecular complexity index is 1450. The minimum Gasteiger partial charge on any atom is -0.366 e. The molecule has 0 amide bonds. The first-order chi connectivity index (χ1) is 18.0. The smallest absolute Gasteiger partial charge is 0.241 e. The van der Waals surface area contributed by atoms with Gasteiger partial charge in [0.15, 0.2) is 5.82 Å². The minimum absolute atomic E-state index is 0.171. The molecule has 7 rings (SSSR count). The van der Waals surface area contributed by atoms with Crippen LogP contribution >= 0.6 is 11.3 Å². The van der Waals surface area contributed by atoms with Crippen molar-refractivity contribution in [2.75, 3.05) is 42.1 Å². The maximum atomic E-state index is 5.99. The van der Waals surface area contributed by atoms with Gasteiger partial charge < -0.3 is 16.0 Å². The van der Waals surface area contributed by atoms with Gasteiger partial charge in [-0.3, -0.25) is 4.90 Å². The number of anilines is 4. The van der Waals surface area contributed by atoms with E-state index in [2.05, 4.69) is 48.4 Å². The van der Waals surface area contributed by atoms with Crippen molar-refractivity contribution in [3.63, 3.8) is 0 Å². The molecule has 3 N–H and O–H groups in total. The highest BCUT2D eigenvalue weighted by Crippen LogP contribution is 2.46. The highest BCUT2D eigenvalue weighted by atomic mass is 32.1. The number of nitrogens with two attached hydrogens (primary N) is 1. The lowest BCUT2D eigenvalue weighted by atomic mass is 9.93. The highest BCUT2D eigenvalue weighted by Gasteiger charge is 2.42. The van der Waals surface area contributed by atoms with E-state index >= 15 is 0 Å². The van der Waals surface area contributed by atoms with Crippen LogP contribution in [-0.2, 0) is 0 Å². The van der Waals surface area contributed by atoms with Crippen LogP contribution in [0.25, 0.3) is 15.9 Å². The summed E-state index contributed by atoms with van der Waals surface area (Å²) in [7, 11) is 0. The number of piperazine rings is 1. The molecule has 3 aliphatic rings. The second kappa shape index (κ2) is 8.91. The summed E-state index contributed by atoms with van der Waals surface area (Å²) in [5.74, 6) is 4.26. The molecule has 3 atom stereocenters. The first-order valence-electron chi connectivity index (χ1n) is 13.2. The van der Waals surface area contributed by atoms with E-state index in [9.17, 15) is 0 Å². The number of fused-ring (bicyclic) bond motifs is 3. The van der Waals surface area contributed by atoms with Gasteiger partial charge in [0.05, 0.1) is 22.3 Å². The average Bonchev–Trinajstić information content (AvgIpc) is 3.70. The largest absolute Gasteiger partial charge is 0.366 e. The van der Waals surface area contributed by atoms with Gasteiger partial charge in [-0.2, -0.15) is 14.8 Å². The zero-order valence-corrected chi connectivity index (χ0v) is 22.1. The molecule has 11 heteroatoms. The Morgan fingerprint density at radius 1 is 1.05 bits per heavy atom. The molecule has 4 aromatic rings. The Morgan fingerprint density at radius 2 is 1.92 bits per heavy atom. The number of aromatic nitrogens is 6. The van der Waals surface area contributed by atoms with Crippen LogP contribution in [0.5, 0.6) is 0 Å². The summed E-state index contributed by atoms with van der Waals surface area (Å²) in [6, 6.07) is 4.98. The summed E-state index contributed by atoms with van der Waals surface area (Å²) in [5, 5.41) is 19.5. The molecule has 5 heterocycles. The fourth-order valence-electron chi connectivity index (χ4n) is 6.70. The van der Waals surface area contributed by atoms with Crippen molar-refractivity contribution in [3.8, 4) is 5.82 Å². The lowest BCUT2D eigenvalue weighted by Crippen LogP contribution is -2.52. The van der Waals surface area contributed by atoms with Gasteiger partial charge in [0, 0.05) is 37.6 Å². The minimum atomic E-state index is 0.171. The molecule has 192 valence electrons. The monoisotopic (exact) mass is 516 g/mol. The molecular formula is C26H32N10S. The van der Waals surface area contributed by atoms with Crippen molar-refractivity contribution in [2.45, 2.75) is 45.6 Å². The lowest BCUT2D eigenvalue weighted by molar-refractivity contribution is 0.134. The van der Waals surface area contributed by atoms with Gasteiger partial charge >= 0.3 is 0 Å². The SMILES string of the molecule is Cc1cc(Nc2nc(N)nn2-c2nnc(C)c3ccsc23)cnc1N1CCN([C@H]2C[C@H]3CC[C@H]2C3)CC1. The molecule has 4 aromatic heterocycles. The summed E-state index contributed by atoms with van der Waals surface area (Å²) in [6.45, 7) is 8.40. The van der Waals surface area contributed by atoms with Gasteiger partial charge in [0.2, 0.25) is 11.9 Å². The summed E-state index contributed by atoms with van der Waals surface area (Å²) >= 11 is 1.60. The second-order valence-corrected chi connectivity index (χ2v) is 11.6. The predicted molar refractivity (Wildman–Crippen MR) is 147 cm³/mol. The van der Waals surface area contributed by atoms with E-state index in [4.69, 9.17) is 10.7 Å². The maximum Gasteiger partial charge on any atom is 0.241 e. The van der Waals surface area contributed by atoms with Crippen LogP contribution in [0, 0.1) is 25.7 Å². The van der Waals surface area contributed by atoms with Crippen molar-refractivity contribution in [3.05, 3.63) is 35.0 Å². The van der Waals surface area contributed by atoms with E-state index in [0.29, 0.717) is 11.8 Å². The third-order valence-electron chi connectivity index (χ3n) is 8.47. The molecule has 2 saturated carbocycles. The molecule has 2 aliphatic carbocycles. The molecule has 2 bridgehead atoms. The van der Waals surface area contributed by atoms with E-state index in [-0.39, 0.29) is 5.95 Å². The topological polar surface area (TPSA) is 114 Å². The average molecular weight is 517 g/mol. The van der Waals surface area contributed by atoms with Crippen molar-refractivity contribution in [1.29, 1.82) is 0 Å². The number of pyridine rings is 1. The second-order valence-electron chi connectivity index (χ2n) is 10.7. The number of hydrogen-bond acceptors (Lipinski definition) is 10. The summed E-state index contributed by atoms with van der Waals surface area (Å²) in [6.07, 6.45) is 7.65. The molecule has 0 radical (unpaired) electrons. The van der Waals surface area contributed by atoms with Crippen LogP contribution in [0.1, 0.15) is 36.9 Å². The Hall–Kier alpha value is -3.31. The van der Waals surface area contributed by atoms with Gasteiger partial charge in [0.25, 0.3) is 0 Å². The molecule has 1 saturated heterocycles. The lowest BCUT2D eigenvalue weighted by Gasteiger charge is -2.41. The van der Waals surface area contributed by atoms with E-state index in [1.807, 2.05) is 24.6 Å². The standard InChI is InChI=1S/C26H32N10S/c1-15-11-19(14-28-23(15)35-8-6-34(7-9-35)21-13-17-3-4-18(21)12-17)29-26-30-25(27)33-36(26)24-22-20(5-10-37-22)16(2)31-32-24/h5,10-11,14,17-18,21H,3-4,6-9,12-13H2,1-2H3,(H3,27,29,30,33)/t17-,18-,21-/m0/s1. The first-order valence-corrected chi connectivity index (χ1v) is 14.1. The van der Waals surface area contributed by atoms with Gasteiger partial charge in [-0.15, -0.1) is 21.5 Å². The molecule has 0 aromatic carbocycles. The quantitative estimate of drug-likeness (QED) is 0.407. The fourth-order valence-corrected chi connectivity index (χ4v) is 7.62. The van der Waals surface area contributed by atoms with Gasteiger partial charge in [-0.1, -0.05) is 6.42 Å². The molecule has 1 aliphatic heterocycles. The number of thiophene rings is 1. The number of nitrogens with one attached hydrogen (secondary N) is 1. The molecule has 3 fully saturated rings. The van der Waals surface area contributed by atoms with E-state index < -0.39 is 0 Å². The van der Waals surface area contributed by atoms with Crippen LogP contribution in [0.4, 0.5) is 23.4 Å². The summed E-state index contributed by atoms with van der Waals surface area (Å²) < 4.78 is 2.62. The number of hydrogen-bond donors (Lipinski definition) is 2. The van der Waals surface area contributed by atoms with Crippen LogP contribution in [0.3, 0.4) is 0 Å². The van der Waals surface area contributed by atoms with E-state index in [1.165, 1.54) is 25.7 Å². The zero-order valence-electron chi connectivity index (χ0n) is 21.3. The van der Waals surface area contributed by atoms with Crippen molar-refractivity contribution < 1.29 is 0 Å². The Morgan fingerprint density at radius 3 is 2.68 bits per heavy atom. The van der Waals surface area contributed by atoms with Crippen LogP contribution in [0.2, 0.25) is 0 Å². The predicted octanol–water partition coefficient (Wildman–Crippen LogP) is 3.92. The van der Waals surface area contributed by atoms with Crippen LogP contribution in [0.15, 0.2) is 23.7 Å². The molecular weight excluding hydrogens is 484 g/mol. The highest BCUT2D eigenvalue weighted by molar-refractivity contribution is 7.17. The third kappa shape index (κ3) is 4.00. The van der Waals surface area contributed by atoms with Gasteiger partial charge in [0.1, 0.15) is 5.82 Å². The number of aryl methyl sites for hydroxylation is 2. The maximum absolute atomic E-state index is 5.99. The third-order valence-corrected chi connectivity index (χ3v) is 9.38. The fraction of sp³-hybridized carbons (Fsp3) is 0.500. The zero-order chi connectivity index (χ0) is 25.1. The summed E-state index contributed by atoms with van der Waals surface area (Å²) in [4.78, 5) is 14.4. The van der Waals surface area contributed by atoms with Crippen molar-refractivity contribution in [2.24, 2.45) is 11.8 Å². The summed E-state index contributed by atoms with van der Waals surface area (Å²) in [5.41, 5.74) is 8.84. The molecule has 37 heavy (non-hydrogen) atoms. The van der Waals surface area contributed by atoms with E-state index in [1.54, 1.807) is 16.0 Å². The van der Waals surface area contributed by atoms with Crippen LogP contribution < -0.4 is 16.0 Å². The normalized spacial score (nSPS) is 23.8. The number of nitrogens with zero attached hydrogens (tertiary/aromatic N) is 8. The van der Waals surface area contributed by atoms with E-state index in [0.717, 1.165) is 76.9 Å². The molecule has 10 nitrogen and oxygen atoms in total. The Kier molecular flexibility index (Phi) is 5.51. The Balaban J connectivity index is 1.08. The molecule has 0 spiro atoms. The number of rotatable bonds is 5. The number of nitrogen functional groups attached to an aromatic ring is 1. The first kappa shape index (κ1) is 22.9. The van der Waals surface area contributed by atoms with Crippen molar-refractivity contribution in [1.82, 2.24) is 34.8 Å². The van der Waals surface area contributed by atoms with Crippen molar-refractivity contribution >= 4 is 44.8 Å².